The first-order valence-corrected chi connectivity index (χ1v) is 9.86. The molecule has 0 atom stereocenters. The monoisotopic (exact) mass is 388 g/mol. The van der Waals surface area contributed by atoms with E-state index in [0.717, 1.165) is 27.8 Å². The number of aryl methyl sites for hydroxylation is 1. The Bertz CT molecular complexity index is 858. The average molecular weight is 389 g/mol. The third-order valence-electron chi connectivity index (χ3n) is 3.86. The van der Waals surface area contributed by atoms with Crippen molar-refractivity contribution in [1.82, 2.24) is 9.88 Å². The summed E-state index contributed by atoms with van der Waals surface area (Å²) in [5, 5.41) is 4.93. The van der Waals surface area contributed by atoms with Crippen LogP contribution in [0, 0.1) is 6.92 Å². The fourth-order valence-electron chi connectivity index (χ4n) is 2.35. The number of rotatable bonds is 7. The third kappa shape index (κ3) is 4.23. The van der Waals surface area contributed by atoms with E-state index in [0.29, 0.717) is 18.0 Å². The number of carbonyl (C=O) groups excluding carboxylic acids is 1. The van der Waals surface area contributed by atoms with Crippen LogP contribution in [0.1, 0.15) is 15.4 Å². The van der Waals surface area contributed by atoms with E-state index < -0.39 is 0 Å². The van der Waals surface area contributed by atoms with Gasteiger partial charge in [-0.1, -0.05) is 0 Å². The lowest BCUT2D eigenvalue weighted by atomic mass is 10.3. The molecule has 1 aromatic carbocycles. The lowest BCUT2D eigenvalue weighted by Crippen LogP contribution is -2.30. The van der Waals surface area contributed by atoms with Gasteiger partial charge < -0.3 is 14.4 Å². The van der Waals surface area contributed by atoms with Crippen LogP contribution in [0.3, 0.4) is 0 Å². The number of aromatic nitrogens is 1. The molecule has 0 saturated carbocycles. The lowest BCUT2D eigenvalue weighted by Gasteiger charge is -2.17. The normalized spacial score (nSPS) is 10.6. The van der Waals surface area contributed by atoms with Gasteiger partial charge in [-0.15, -0.1) is 11.3 Å². The molecule has 0 unspecified atom stereocenters. The van der Waals surface area contributed by atoms with E-state index in [2.05, 4.69) is 4.98 Å². The molecule has 0 aliphatic carbocycles. The van der Waals surface area contributed by atoms with Gasteiger partial charge in [0.05, 0.1) is 19.3 Å². The maximum Gasteiger partial charge on any atom is 0.265 e. The van der Waals surface area contributed by atoms with Crippen LogP contribution in [0.15, 0.2) is 41.1 Å². The summed E-state index contributed by atoms with van der Waals surface area (Å²) in [6.45, 7) is 2.79. The average Bonchev–Trinajstić information content (AvgIpc) is 3.31. The Morgan fingerprint density at radius 1 is 1.19 bits per heavy atom. The molecule has 1 amide bonds. The smallest absolute Gasteiger partial charge is 0.265 e. The van der Waals surface area contributed by atoms with Crippen molar-refractivity contribution in [2.45, 2.75) is 6.92 Å². The first kappa shape index (κ1) is 18.4. The van der Waals surface area contributed by atoms with Gasteiger partial charge in [-0.25, -0.2) is 4.98 Å². The van der Waals surface area contributed by atoms with E-state index in [4.69, 9.17) is 9.47 Å². The second-order valence-corrected chi connectivity index (χ2v) is 7.48. The number of amides is 1. The van der Waals surface area contributed by atoms with Crippen molar-refractivity contribution < 1.29 is 14.3 Å². The van der Waals surface area contributed by atoms with E-state index in [9.17, 15) is 4.79 Å². The predicted molar refractivity (Wildman–Crippen MR) is 106 cm³/mol. The Labute approximate surface area is 160 Å². The Balaban J connectivity index is 1.57. The molecule has 3 rings (SSSR count). The summed E-state index contributed by atoms with van der Waals surface area (Å²) in [5.74, 6) is 1.51. The van der Waals surface area contributed by atoms with Crippen LogP contribution < -0.4 is 9.47 Å². The van der Waals surface area contributed by atoms with Crippen LogP contribution in [-0.4, -0.2) is 43.1 Å². The first-order chi connectivity index (χ1) is 12.6. The SMILES string of the molecule is COc1ccc(OCCN(C)C(=O)c2sc(-c3ccsc3)nc2C)cc1. The quantitative estimate of drug-likeness (QED) is 0.604. The van der Waals surface area contributed by atoms with Gasteiger partial charge in [-0.3, -0.25) is 4.79 Å². The second-order valence-electron chi connectivity index (χ2n) is 5.70. The van der Waals surface area contributed by atoms with Gasteiger partial charge in [-0.05, 0) is 42.6 Å². The third-order valence-corrected chi connectivity index (χ3v) is 5.74. The summed E-state index contributed by atoms with van der Waals surface area (Å²) in [6, 6.07) is 9.40. The largest absolute Gasteiger partial charge is 0.497 e. The predicted octanol–water partition coefficient (Wildman–Crippen LogP) is 4.34. The summed E-state index contributed by atoms with van der Waals surface area (Å²) in [6.07, 6.45) is 0. The van der Waals surface area contributed by atoms with Crippen molar-refractivity contribution in [3.63, 3.8) is 0 Å². The van der Waals surface area contributed by atoms with Gasteiger partial charge in [0.1, 0.15) is 28.0 Å². The molecule has 7 heteroatoms. The fourth-order valence-corrected chi connectivity index (χ4v) is 4.12. The van der Waals surface area contributed by atoms with Gasteiger partial charge in [0, 0.05) is 18.0 Å². The standard InChI is InChI=1S/C19H20N2O3S2/c1-13-17(26-18(20-13)14-8-11-25-12-14)19(22)21(2)9-10-24-16-6-4-15(23-3)5-7-16/h4-8,11-12H,9-10H2,1-3H3. The van der Waals surface area contributed by atoms with Crippen LogP contribution >= 0.6 is 22.7 Å². The highest BCUT2D eigenvalue weighted by Gasteiger charge is 2.19. The van der Waals surface area contributed by atoms with Crippen molar-refractivity contribution >= 4 is 28.6 Å². The van der Waals surface area contributed by atoms with Crippen LogP contribution in [-0.2, 0) is 0 Å². The number of benzene rings is 1. The number of thiophene rings is 1. The molecule has 0 radical (unpaired) electrons. The number of likely N-dealkylation sites (N-methyl/N-ethyl adjacent to an activating group) is 1. The maximum absolute atomic E-state index is 12.7. The summed E-state index contributed by atoms with van der Waals surface area (Å²) in [5.41, 5.74) is 1.83. The second kappa shape index (κ2) is 8.33. The maximum atomic E-state index is 12.7. The summed E-state index contributed by atoms with van der Waals surface area (Å²) in [4.78, 5) is 19.6. The first-order valence-electron chi connectivity index (χ1n) is 8.11. The number of hydrogen-bond acceptors (Lipinski definition) is 6. The molecule has 0 bridgehead atoms. The molecule has 0 N–H and O–H groups in total. The molecule has 2 aromatic heterocycles. The summed E-state index contributed by atoms with van der Waals surface area (Å²) in [7, 11) is 3.41. The molecule has 0 saturated heterocycles. The zero-order valence-corrected chi connectivity index (χ0v) is 16.5. The highest BCUT2D eigenvalue weighted by molar-refractivity contribution is 7.17. The highest BCUT2D eigenvalue weighted by Crippen LogP contribution is 2.30. The molecule has 136 valence electrons. The lowest BCUT2D eigenvalue weighted by molar-refractivity contribution is 0.0777. The number of thiazole rings is 1. The molecule has 0 spiro atoms. The topological polar surface area (TPSA) is 51.7 Å². The number of hydrogen-bond donors (Lipinski definition) is 0. The molecule has 0 aliphatic rings. The molecule has 0 aliphatic heterocycles. The van der Waals surface area contributed by atoms with E-state index in [1.165, 1.54) is 11.3 Å². The Hall–Kier alpha value is -2.38. The minimum atomic E-state index is -0.0280. The van der Waals surface area contributed by atoms with Gasteiger partial charge in [-0.2, -0.15) is 11.3 Å². The summed E-state index contributed by atoms with van der Waals surface area (Å²) < 4.78 is 10.8. The zero-order chi connectivity index (χ0) is 18.5. The highest BCUT2D eigenvalue weighted by atomic mass is 32.1. The number of carbonyl (C=O) groups is 1. The van der Waals surface area contributed by atoms with Gasteiger partial charge >= 0.3 is 0 Å². The van der Waals surface area contributed by atoms with Crippen LogP contribution in [0.5, 0.6) is 11.5 Å². The minimum absolute atomic E-state index is 0.0280. The summed E-state index contributed by atoms with van der Waals surface area (Å²) >= 11 is 3.06. The molecule has 26 heavy (non-hydrogen) atoms. The van der Waals surface area contributed by atoms with Crippen molar-refractivity contribution in [2.75, 3.05) is 27.3 Å². The number of nitrogens with zero attached hydrogens (tertiary/aromatic N) is 2. The molecule has 5 nitrogen and oxygen atoms in total. The Morgan fingerprint density at radius 2 is 1.92 bits per heavy atom. The van der Waals surface area contributed by atoms with Gasteiger partial charge in [0.25, 0.3) is 5.91 Å². The Kier molecular flexibility index (Phi) is 5.90. The van der Waals surface area contributed by atoms with E-state index in [-0.39, 0.29) is 5.91 Å². The number of ether oxygens (including phenoxy) is 2. The van der Waals surface area contributed by atoms with E-state index in [1.54, 1.807) is 30.4 Å². The number of methoxy groups -OCH3 is 1. The Morgan fingerprint density at radius 3 is 2.58 bits per heavy atom. The van der Waals surface area contributed by atoms with E-state index in [1.807, 2.05) is 48.0 Å². The fraction of sp³-hybridized carbons (Fsp3) is 0.263. The van der Waals surface area contributed by atoms with Crippen molar-refractivity contribution in [3.05, 3.63) is 51.7 Å². The van der Waals surface area contributed by atoms with Crippen LogP contribution in [0.2, 0.25) is 0 Å². The van der Waals surface area contributed by atoms with E-state index >= 15 is 0 Å². The molecular weight excluding hydrogens is 368 g/mol. The van der Waals surface area contributed by atoms with Crippen LogP contribution in [0.4, 0.5) is 0 Å². The minimum Gasteiger partial charge on any atom is -0.497 e. The van der Waals surface area contributed by atoms with Crippen molar-refractivity contribution in [3.8, 4) is 22.1 Å². The van der Waals surface area contributed by atoms with Crippen molar-refractivity contribution in [1.29, 1.82) is 0 Å². The van der Waals surface area contributed by atoms with Gasteiger partial charge in [0.15, 0.2) is 0 Å². The molecule has 2 heterocycles. The van der Waals surface area contributed by atoms with Crippen LogP contribution in [0.25, 0.3) is 10.6 Å². The molecule has 3 aromatic rings. The molecule has 0 fully saturated rings. The zero-order valence-electron chi connectivity index (χ0n) is 14.9. The molecular formula is C19H20N2O3S2. The van der Waals surface area contributed by atoms with Crippen molar-refractivity contribution in [2.24, 2.45) is 0 Å². The van der Waals surface area contributed by atoms with Gasteiger partial charge in [0.2, 0.25) is 0 Å².